The first-order chi connectivity index (χ1) is 15.6. The molecule has 160 valence electrons. The van der Waals surface area contributed by atoms with Crippen LogP contribution >= 0.6 is 11.3 Å². The second-order valence-electron chi connectivity index (χ2n) is 7.62. The van der Waals surface area contributed by atoms with Crippen molar-refractivity contribution in [1.82, 2.24) is 9.88 Å². The Morgan fingerprint density at radius 2 is 1.84 bits per heavy atom. The second kappa shape index (κ2) is 8.32. The molecule has 2 aromatic heterocycles. The van der Waals surface area contributed by atoms with Crippen molar-refractivity contribution < 1.29 is 9.59 Å². The lowest BCUT2D eigenvalue weighted by Crippen LogP contribution is -2.38. The highest BCUT2D eigenvalue weighted by molar-refractivity contribution is 7.14. The molecule has 0 spiro atoms. The van der Waals surface area contributed by atoms with Crippen molar-refractivity contribution in [3.63, 3.8) is 0 Å². The van der Waals surface area contributed by atoms with Crippen LogP contribution in [-0.4, -0.2) is 28.4 Å². The van der Waals surface area contributed by atoms with Crippen molar-refractivity contribution in [2.45, 2.75) is 13.0 Å². The van der Waals surface area contributed by atoms with E-state index in [-0.39, 0.29) is 11.9 Å². The maximum Gasteiger partial charge on any atom is 0.322 e. The summed E-state index contributed by atoms with van der Waals surface area (Å²) in [7, 11) is 0. The molecule has 32 heavy (non-hydrogen) atoms. The van der Waals surface area contributed by atoms with Gasteiger partial charge in [0.2, 0.25) is 0 Å². The molecule has 0 bridgehead atoms. The Hall–Kier alpha value is -3.91. The molecule has 4 aromatic rings. The smallest absolute Gasteiger partial charge is 0.322 e. The summed E-state index contributed by atoms with van der Waals surface area (Å²) in [6.45, 7) is 1.05. The Kier molecular flexibility index (Phi) is 5.20. The molecule has 0 fully saturated rings. The van der Waals surface area contributed by atoms with Gasteiger partial charge in [0.15, 0.2) is 0 Å². The highest BCUT2D eigenvalue weighted by Gasteiger charge is 2.25. The third kappa shape index (κ3) is 4.00. The first kappa shape index (κ1) is 20.0. The Bertz CT molecular complexity index is 1330. The average Bonchev–Trinajstić information content (AvgIpc) is 3.24. The molecular weight excluding hydrogens is 422 g/mol. The number of thiophene rings is 1. The zero-order valence-electron chi connectivity index (χ0n) is 17.2. The van der Waals surface area contributed by atoms with Crippen LogP contribution in [0.5, 0.6) is 0 Å². The van der Waals surface area contributed by atoms with Crippen LogP contribution in [0.1, 0.15) is 20.1 Å². The minimum Gasteiger partial charge on any atom is -0.397 e. The average molecular weight is 444 g/mol. The van der Waals surface area contributed by atoms with Gasteiger partial charge in [0.05, 0.1) is 40.2 Å². The van der Waals surface area contributed by atoms with E-state index < -0.39 is 0 Å². The van der Waals surface area contributed by atoms with Gasteiger partial charge in [-0.25, -0.2) is 4.79 Å². The number of hydrogen-bond acceptors (Lipinski definition) is 5. The first-order valence-corrected chi connectivity index (χ1v) is 11.1. The van der Waals surface area contributed by atoms with E-state index in [1.165, 1.54) is 11.3 Å². The Morgan fingerprint density at radius 3 is 2.72 bits per heavy atom. The van der Waals surface area contributed by atoms with E-state index in [1.807, 2.05) is 48.5 Å². The number of nitrogens with one attached hydrogen (secondary N) is 2. The zero-order valence-corrected chi connectivity index (χ0v) is 18.0. The maximum atomic E-state index is 12.8. The molecule has 1 aliphatic heterocycles. The molecule has 7 nitrogen and oxygen atoms in total. The molecule has 5 rings (SSSR count). The molecular formula is C24H21N5O2S. The molecule has 0 unspecified atom stereocenters. The molecule has 2 aromatic carbocycles. The number of fused-ring (bicyclic) bond motifs is 2. The summed E-state index contributed by atoms with van der Waals surface area (Å²) in [6.07, 6.45) is 2.37. The van der Waals surface area contributed by atoms with Crippen LogP contribution in [0.4, 0.5) is 21.9 Å². The third-order valence-electron chi connectivity index (χ3n) is 5.44. The molecule has 3 amide bonds. The summed E-state index contributed by atoms with van der Waals surface area (Å²) in [4.78, 5) is 33.3. The summed E-state index contributed by atoms with van der Waals surface area (Å²) in [5.41, 5.74) is 9.69. The van der Waals surface area contributed by atoms with Crippen LogP contribution in [0.25, 0.3) is 10.9 Å². The van der Waals surface area contributed by atoms with Gasteiger partial charge >= 0.3 is 6.03 Å². The van der Waals surface area contributed by atoms with E-state index >= 15 is 0 Å². The largest absolute Gasteiger partial charge is 0.397 e. The summed E-state index contributed by atoms with van der Waals surface area (Å²) in [6, 6.07) is 18.6. The summed E-state index contributed by atoms with van der Waals surface area (Å²) < 4.78 is 0. The van der Waals surface area contributed by atoms with E-state index in [4.69, 9.17) is 5.73 Å². The highest BCUT2D eigenvalue weighted by Crippen LogP contribution is 2.30. The highest BCUT2D eigenvalue weighted by atomic mass is 32.1. The Labute approximate surface area is 188 Å². The molecule has 1 aliphatic rings. The van der Waals surface area contributed by atoms with Crippen LogP contribution < -0.4 is 16.4 Å². The fourth-order valence-electron chi connectivity index (χ4n) is 3.74. The SMILES string of the molecule is Nc1ccccc1NC(=O)c1cc2c(s1)CN(C(=O)Nc1cnc3ccccc3c1)CC2. The molecule has 0 saturated heterocycles. The van der Waals surface area contributed by atoms with E-state index in [1.54, 1.807) is 23.2 Å². The van der Waals surface area contributed by atoms with E-state index in [0.717, 1.165) is 21.3 Å². The normalized spacial score (nSPS) is 12.9. The number of benzene rings is 2. The number of rotatable bonds is 3. The lowest BCUT2D eigenvalue weighted by atomic mass is 10.1. The lowest BCUT2D eigenvalue weighted by molar-refractivity contribution is 0.103. The molecule has 3 heterocycles. The van der Waals surface area contributed by atoms with E-state index in [0.29, 0.717) is 41.4 Å². The van der Waals surface area contributed by atoms with Crippen molar-refractivity contribution in [1.29, 1.82) is 0 Å². The number of para-hydroxylation sites is 3. The van der Waals surface area contributed by atoms with Crippen molar-refractivity contribution in [3.8, 4) is 0 Å². The molecule has 0 atom stereocenters. The number of nitrogen functional groups attached to an aromatic ring is 1. The maximum absolute atomic E-state index is 12.8. The number of urea groups is 1. The van der Waals surface area contributed by atoms with Gasteiger partial charge in [-0.3, -0.25) is 9.78 Å². The molecule has 4 N–H and O–H groups in total. The number of pyridine rings is 1. The molecule has 0 radical (unpaired) electrons. The number of nitrogens with zero attached hydrogens (tertiary/aromatic N) is 2. The van der Waals surface area contributed by atoms with Crippen LogP contribution in [0.2, 0.25) is 0 Å². The van der Waals surface area contributed by atoms with Gasteiger partial charge in [-0.2, -0.15) is 0 Å². The van der Waals surface area contributed by atoms with Gasteiger partial charge in [0.25, 0.3) is 5.91 Å². The topological polar surface area (TPSA) is 100 Å². The predicted octanol–water partition coefficient (Wildman–Crippen LogP) is 4.72. The number of anilines is 3. The standard InChI is InChI=1S/C24H21N5O2S/c25-18-6-2-4-8-20(18)28-23(30)21-12-16-9-10-29(14-22(16)32-21)24(31)27-17-11-15-5-1-3-7-19(15)26-13-17/h1-8,11-13H,9-10,14,25H2,(H,27,31)(H,28,30). The minimum atomic E-state index is -0.194. The number of carbonyl (C=O) groups excluding carboxylic acids is 2. The lowest BCUT2D eigenvalue weighted by Gasteiger charge is -2.27. The molecule has 0 saturated carbocycles. The van der Waals surface area contributed by atoms with Crippen LogP contribution in [0.3, 0.4) is 0 Å². The monoisotopic (exact) mass is 443 g/mol. The summed E-state index contributed by atoms with van der Waals surface area (Å²) in [5, 5.41) is 6.77. The van der Waals surface area contributed by atoms with Crippen molar-refractivity contribution >= 4 is 51.2 Å². The van der Waals surface area contributed by atoms with Crippen molar-refractivity contribution in [2.75, 3.05) is 22.9 Å². The van der Waals surface area contributed by atoms with Crippen LogP contribution in [0.15, 0.2) is 66.9 Å². The van der Waals surface area contributed by atoms with Gasteiger partial charge in [-0.1, -0.05) is 30.3 Å². The van der Waals surface area contributed by atoms with E-state index in [9.17, 15) is 9.59 Å². The fraction of sp³-hybridized carbons (Fsp3) is 0.125. The van der Waals surface area contributed by atoms with E-state index in [2.05, 4.69) is 15.6 Å². The van der Waals surface area contributed by atoms with Crippen LogP contribution in [-0.2, 0) is 13.0 Å². The second-order valence-corrected chi connectivity index (χ2v) is 8.76. The molecule has 8 heteroatoms. The Balaban J connectivity index is 1.27. The fourth-order valence-corrected chi connectivity index (χ4v) is 4.86. The van der Waals surface area contributed by atoms with Gasteiger partial charge in [-0.05, 0) is 42.3 Å². The van der Waals surface area contributed by atoms with Gasteiger partial charge < -0.3 is 21.3 Å². The predicted molar refractivity (Wildman–Crippen MR) is 128 cm³/mol. The van der Waals surface area contributed by atoms with Gasteiger partial charge in [-0.15, -0.1) is 11.3 Å². The van der Waals surface area contributed by atoms with Crippen molar-refractivity contribution in [3.05, 3.63) is 82.2 Å². The summed E-state index contributed by atoms with van der Waals surface area (Å²) >= 11 is 1.41. The number of nitrogens with two attached hydrogens (primary N) is 1. The first-order valence-electron chi connectivity index (χ1n) is 10.2. The summed E-state index contributed by atoms with van der Waals surface area (Å²) in [5.74, 6) is -0.194. The third-order valence-corrected chi connectivity index (χ3v) is 6.60. The number of amides is 3. The van der Waals surface area contributed by atoms with Crippen LogP contribution in [0, 0.1) is 0 Å². The minimum absolute atomic E-state index is 0.177. The number of hydrogen-bond donors (Lipinski definition) is 3. The van der Waals surface area contributed by atoms with Gasteiger partial charge in [0.1, 0.15) is 0 Å². The number of carbonyl (C=O) groups is 2. The Morgan fingerprint density at radius 1 is 1.03 bits per heavy atom. The van der Waals surface area contributed by atoms with Gasteiger partial charge in [0, 0.05) is 16.8 Å². The quantitative estimate of drug-likeness (QED) is 0.399. The zero-order chi connectivity index (χ0) is 22.1. The molecule has 0 aliphatic carbocycles. The number of aromatic nitrogens is 1. The van der Waals surface area contributed by atoms with Crippen molar-refractivity contribution in [2.24, 2.45) is 0 Å².